The second kappa shape index (κ2) is 9.90. The molecule has 4 heterocycles. The van der Waals surface area contributed by atoms with Gasteiger partial charge in [0.05, 0.1) is 5.69 Å². The van der Waals surface area contributed by atoms with Gasteiger partial charge in [0, 0.05) is 47.8 Å². The lowest BCUT2D eigenvalue weighted by Crippen LogP contribution is -2.39. The minimum absolute atomic E-state index is 0. The van der Waals surface area contributed by atoms with E-state index >= 15 is 0 Å². The van der Waals surface area contributed by atoms with Gasteiger partial charge in [-0.25, -0.2) is 4.79 Å². The Bertz CT molecular complexity index is 1390. The van der Waals surface area contributed by atoms with Gasteiger partial charge in [-0.05, 0) is 69.3 Å². The highest BCUT2D eigenvalue weighted by Gasteiger charge is 2.24. The largest absolute Gasteiger partial charge is 0.454 e. The number of aromatic nitrogens is 1. The van der Waals surface area contributed by atoms with Gasteiger partial charge < -0.3 is 13.9 Å². The number of likely N-dealkylation sites (tertiary alicyclic amines) is 1. The maximum Gasteiger partial charge on any atom is 0.336 e. The van der Waals surface area contributed by atoms with Crippen molar-refractivity contribution in [2.24, 2.45) is 0 Å². The van der Waals surface area contributed by atoms with E-state index in [1.165, 1.54) is 18.9 Å². The number of hydrogen-bond acceptors (Lipinski definition) is 6. The number of nitrogens with zero attached hydrogens (tertiary/aromatic N) is 2. The average Bonchev–Trinajstić information content (AvgIpc) is 3.26. The molecule has 1 fully saturated rings. The van der Waals surface area contributed by atoms with Gasteiger partial charge in [-0.3, -0.25) is 9.88 Å². The lowest BCUT2D eigenvalue weighted by molar-refractivity contribution is 0.113. The highest BCUT2D eigenvalue weighted by Crippen LogP contribution is 2.36. The van der Waals surface area contributed by atoms with E-state index in [-0.39, 0.29) is 24.6 Å². The van der Waals surface area contributed by atoms with Crippen LogP contribution in [0.1, 0.15) is 48.1 Å². The molecule has 34 heavy (non-hydrogen) atoms. The molecule has 0 saturated carbocycles. The second-order valence-electron chi connectivity index (χ2n) is 9.22. The molecular formula is C27H31ClN2O4. The van der Waals surface area contributed by atoms with Crippen LogP contribution in [0.2, 0.25) is 0 Å². The predicted octanol–water partition coefficient (Wildman–Crippen LogP) is 5.69. The molecule has 1 aliphatic heterocycles. The minimum atomic E-state index is -0.387. The zero-order valence-electron chi connectivity index (χ0n) is 19.9. The summed E-state index contributed by atoms with van der Waals surface area (Å²) >= 11 is 0. The molecule has 0 aliphatic carbocycles. The van der Waals surface area contributed by atoms with Crippen LogP contribution in [0.5, 0.6) is 0 Å². The molecule has 0 bridgehead atoms. The number of aliphatic hydroxyl groups excluding tert-OH is 1. The third-order valence-electron chi connectivity index (χ3n) is 7.10. The number of rotatable bonds is 5. The van der Waals surface area contributed by atoms with E-state index in [0.29, 0.717) is 17.4 Å². The number of fused-ring (bicyclic) bond motifs is 2. The van der Waals surface area contributed by atoms with Gasteiger partial charge in [0.2, 0.25) is 0 Å². The molecule has 1 N–H and O–H groups in total. The van der Waals surface area contributed by atoms with Gasteiger partial charge >= 0.3 is 5.63 Å². The molecule has 7 heteroatoms. The molecule has 0 radical (unpaired) electrons. The lowest BCUT2D eigenvalue weighted by Gasteiger charge is -2.35. The number of pyridine rings is 1. The normalized spacial score (nSPS) is 16.8. The van der Waals surface area contributed by atoms with Crippen molar-refractivity contribution in [3.05, 3.63) is 63.3 Å². The molecule has 1 aromatic carbocycles. The SMILES string of the molecule is Cc1ccc2c(-c3cc4c(CN5CCCCC5CCO)cnc(C)c4o3)cc(=O)oc2c1C.Cl. The van der Waals surface area contributed by atoms with Crippen LogP contribution in [0, 0.1) is 20.8 Å². The number of furan rings is 1. The van der Waals surface area contributed by atoms with Gasteiger partial charge in [-0.1, -0.05) is 18.6 Å². The fourth-order valence-electron chi connectivity index (χ4n) is 5.09. The summed E-state index contributed by atoms with van der Waals surface area (Å²) in [5, 5.41) is 11.4. The van der Waals surface area contributed by atoms with Crippen LogP contribution in [-0.4, -0.2) is 34.2 Å². The third kappa shape index (κ3) is 4.38. The fraction of sp³-hybridized carbons (Fsp3) is 0.407. The Morgan fingerprint density at radius 2 is 1.91 bits per heavy atom. The zero-order valence-corrected chi connectivity index (χ0v) is 20.7. The van der Waals surface area contributed by atoms with Crippen molar-refractivity contribution in [1.82, 2.24) is 9.88 Å². The highest BCUT2D eigenvalue weighted by atomic mass is 35.5. The summed E-state index contributed by atoms with van der Waals surface area (Å²) in [6.45, 7) is 7.92. The van der Waals surface area contributed by atoms with Crippen LogP contribution < -0.4 is 5.63 Å². The smallest absolute Gasteiger partial charge is 0.336 e. The van der Waals surface area contributed by atoms with Crippen LogP contribution in [0.25, 0.3) is 33.3 Å². The van der Waals surface area contributed by atoms with E-state index in [4.69, 9.17) is 8.83 Å². The van der Waals surface area contributed by atoms with Gasteiger partial charge in [0.1, 0.15) is 11.3 Å². The minimum Gasteiger partial charge on any atom is -0.454 e. The standard InChI is InChI=1S/C27H30N2O4.ClH/c1-16-7-8-21-23(13-25(31)33-26(21)17(16)2)24-12-22-19(14-28-18(3)27(22)32-24)15-29-10-5-4-6-20(29)9-11-30;/h7-8,12-14,20,30H,4-6,9-11,15H2,1-3H3;1H. The van der Waals surface area contributed by atoms with Crippen LogP contribution in [0.3, 0.4) is 0 Å². The van der Waals surface area contributed by atoms with Crippen LogP contribution >= 0.6 is 12.4 Å². The summed E-state index contributed by atoms with van der Waals surface area (Å²) < 4.78 is 11.9. The van der Waals surface area contributed by atoms with E-state index in [1.807, 2.05) is 45.2 Å². The summed E-state index contributed by atoms with van der Waals surface area (Å²) in [5.74, 6) is 0.647. The molecule has 5 rings (SSSR count). The Hall–Kier alpha value is -2.67. The summed E-state index contributed by atoms with van der Waals surface area (Å²) in [5.41, 5.74) is 5.68. The van der Waals surface area contributed by atoms with Crippen molar-refractivity contribution in [2.75, 3.05) is 13.2 Å². The van der Waals surface area contributed by atoms with Crippen molar-refractivity contribution in [3.63, 3.8) is 0 Å². The van der Waals surface area contributed by atoms with Gasteiger partial charge in [0.15, 0.2) is 5.58 Å². The van der Waals surface area contributed by atoms with E-state index < -0.39 is 0 Å². The number of aliphatic hydroxyl groups is 1. The third-order valence-corrected chi connectivity index (χ3v) is 7.10. The molecule has 6 nitrogen and oxygen atoms in total. The van der Waals surface area contributed by atoms with E-state index in [9.17, 15) is 9.90 Å². The first-order chi connectivity index (χ1) is 16.0. The maximum absolute atomic E-state index is 12.4. The Kier molecular flexibility index (Phi) is 7.12. The summed E-state index contributed by atoms with van der Waals surface area (Å²) in [6.07, 6.45) is 6.23. The Morgan fingerprint density at radius 1 is 1.09 bits per heavy atom. The molecule has 1 aliphatic rings. The highest BCUT2D eigenvalue weighted by molar-refractivity contribution is 5.97. The van der Waals surface area contributed by atoms with Crippen molar-refractivity contribution in [3.8, 4) is 11.3 Å². The molecule has 180 valence electrons. The number of aryl methyl sites for hydroxylation is 3. The van der Waals surface area contributed by atoms with E-state index in [1.54, 1.807) is 0 Å². The number of hydrogen-bond donors (Lipinski definition) is 1. The van der Waals surface area contributed by atoms with Gasteiger partial charge in [-0.15, -0.1) is 12.4 Å². The Morgan fingerprint density at radius 3 is 2.71 bits per heavy atom. The first-order valence-electron chi connectivity index (χ1n) is 11.7. The van der Waals surface area contributed by atoms with Gasteiger partial charge in [-0.2, -0.15) is 0 Å². The summed E-state index contributed by atoms with van der Waals surface area (Å²) in [7, 11) is 0. The number of benzene rings is 1. The first kappa shape index (κ1) is 24.5. The summed E-state index contributed by atoms with van der Waals surface area (Å²) in [6, 6.07) is 7.97. The van der Waals surface area contributed by atoms with Crippen molar-refractivity contribution >= 4 is 34.3 Å². The molecule has 0 amide bonds. The maximum atomic E-state index is 12.4. The monoisotopic (exact) mass is 482 g/mol. The van der Waals surface area contributed by atoms with Gasteiger partial charge in [0.25, 0.3) is 0 Å². The van der Waals surface area contributed by atoms with Crippen molar-refractivity contribution < 1.29 is 13.9 Å². The Balaban J connectivity index is 0.00000274. The average molecular weight is 483 g/mol. The van der Waals surface area contributed by atoms with Crippen molar-refractivity contribution in [1.29, 1.82) is 0 Å². The predicted molar refractivity (Wildman–Crippen MR) is 137 cm³/mol. The number of halogens is 1. The molecule has 4 aromatic rings. The first-order valence-corrected chi connectivity index (χ1v) is 11.7. The quantitative estimate of drug-likeness (QED) is 0.368. The zero-order chi connectivity index (χ0) is 23.1. The van der Waals surface area contributed by atoms with E-state index in [0.717, 1.165) is 70.2 Å². The van der Waals surface area contributed by atoms with E-state index in [2.05, 4.69) is 9.88 Å². The van der Waals surface area contributed by atoms with Crippen LogP contribution in [-0.2, 0) is 6.54 Å². The van der Waals surface area contributed by atoms with Crippen LogP contribution in [0.15, 0.2) is 44.1 Å². The molecule has 1 atom stereocenters. The molecule has 3 aromatic heterocycles. The number of piperidine rings is 1. The molecular weight excluding hydrogens is 452 g/mol. The fourth-order valence-corrected chi connectivity index (χ4v) is 5.09. The summed E-state index contributed by atoms with van der Waals surface area (Å²) in [4.78, 5) is 19.5. The molecule has 0 spiro atoms. The topological polar surface area (TPSA) is 79.7 Å². The lowest BCUT2D eigenvalue weighted by atomic mass is 9.98. The molecule has 1 unspecified atom stereocenters. The Labute approximate surface area is 205 Å². The van der Waals surface area contributed by atoms with Crippen molar-refractivity contribution in [2.45, 2.75) is 59.0 Å². The van der Waals surface area contributed by atoms with Crippen LogP contribution in [0.4, 0.5) is 0 Å². The second-order valence-corrected chi connectivity index (χ2v) is 9.22. The molecule has 1 saturated heterocycles.